The highest BCUT2D eigenvalue weighted by molar-refractivity contribution is 5.00. The van der Waals surface area contributed by atoms with Gasteiger partial charge in [-0.05, 0) is 31.6 Å². The second-order valence-electron chi connectivity index (χ2n) is 4.86. The quantitative estimate of drug-likeness (QED) is 0.701. The highest BCUT2D eigenvalue weighted by Crippen LogP contribution is 2.52. The van der Waals surface area contributed by atoms with Crippen molar-refractivity contribution in [1.82, 2.24) is 0 Å². The Labute approximate surface area is 80.0 Å². The minimum atomic E-state index is -0.224. The fraction of sp³-hybridized carbons (Fsp3) is 1.00. The van der Waals surface area contributed by atoms with Gasteiger partial charge in [-0.1, -0.05) is 19.3 Å². The summed E-state index contributed by atoms with van der Waals surface area (Å²) in [4.78, 5) is 0. The van der Waals surface area contributed by atoms with Gasteiger partial charge in [0.15, 0.2) is 0 Å². The molecule has 0 heterocycles. The van der Waals surface area contributed by atoms with Gasteiger partial charge >= 0.3 is 0 Å². The molecule has 0 bridgehead atoms. The molecule has 76 valence electrons. The highest BCUT2D eigenvalue weighted by atomic mass is 16.3. The number of hydrogen-bond acceptors (Lipinski definition) is 2. The van der Waals surface area contributed by atoms with Crippen molar-refractivity contribution in [3.63, 3.8) is 0 Å². The maximum absolute atomic E-state index is 10.1. The maximum atomic E-state index is 10.1. The molecule has 1 atom stereocenters. The first-order chi connectivity index (χ1) is 6.28. The summed E-state index contributed by atoms with van der Waals surface area (Å²) >= 11 is 0. The fourth-order valence-electron chi connectivity index (χ4n) is 2.66. The van der Waals surface area contributed by atoms with Crippen molar-refractivity contribution in [3.8, 4) is 0 Å². The minimum Gasteiger partial charge on any atom is -0.396 e. The van der Waals surface area contributed by atoms with Gasteiger partial charge in [0, 0.05) is 5.41 Å². The summed E-state index contributed by atoms with van der Waals surface area (Å²) in [5, 5.41) is 19.3. The van der Waals surface area contributed by atoms with Crippen LogP contribution in [0.5, 0.6) is 0 Å². The lowest BCUT2D eigenvalue weighted by Gasteiger charge is -2.31. The van der Waals surface area contributed by atoms with E-state index in [0.29, 0.717) is 5.92 Å². The molecule has 0 amide bonds. The molecule has 0 radical (unpaired) electrons. The molecule has 13 heavy (non-hydrogen) atoms. The van der Waals surface area contributed by atoms with Crippen LogP contribution in [0.4, 0.5) is 0 Å². The Balaban J connectivity index is 1.91. The SMILES string of the molecule is OCC1(C(O)C2CCCCC2)CC1. The molecular formula is C11H20O2. The Hall–Kier alpha value is -0.0800. The zero-order chi connectivity index (χ0) is 9.31. The molecule has 0 saturated heterocycles. The molecule has 0 aromatic heterocycles. The van der Waals surface area contributed by atoms with E-state index in [1.54, 1.807) is 0 Å². The van der Waals surface area contributed by atoms with Gasteiger partial charge in [-0.2, -0.15) is 0 Å². The molecule has 2 saturated carbocycles. The molecule has 2 aliphatic carbocycles. The first-order valence-electron chi connectivity index (χ1n) is 5.57. The molecule has 2 fully saturated rings. The van der Waals surface area contributed by atoms with E-state index in [-0.39, 0.29) is 18.1 Å². The van der Waals surface area contributed by atoms with E-state index in [1.807, 2.05) is 0 Å². The summed E-state index contributed by atoms with van der Waals surface area (Å²) in [7, 11) is 0. The Morgan fingerprint density at radius 1 is 1.15 bits per heavy atom. The number of aliphatic hydroxyl groups excluding tert-OH is 2. The van der Waals surface area contributed by atoms with E-state index in [1.165, 1.54) is 32.1 Å². The molecule has 0 aliphatic heterocycles. The van der Waals surface area contributed by atoms with Crippen molar-refractivity contribution < 1.29 is 10.2 Å². The van der Waals surface area contributed by atoms with Gasteiger partial charge in [-0.25, -0.2) is 0 Å². The van der Waals surface area contributed by atoms with Gasteiger partial charge in [0.2, 0.25) is 0 Å². The molecule has 2 N–H and O–H groups in total. The first-order valence-corrected chi connectivity index (χ1v) is 5.57. The zero-order valence-electron chi connectivity index (χ0n) is 8.21. The van der Waals surface area contributed by atoms with Crippen molar-refractivity contribution in [1.29, 1.82) is 0 Å². The second kappa shape index (κ2) is 3.58. The van der Waals surface area contributed by atoms with E-state index >= 15 is 0 Å². The van der Waals surface area contributed by atoms with Crippen molar-refractivity contribution in [3.05, 3.63) is 0 Å². The van der Waals surface area contributed by atoms with Crippen LogP contribution >= 0.6 is 0 Å². The predicted octanol–water partition coefficient (Wildman–Crippen LogP) is 1.70. The molecule has 0 spiro atoms. The normalized spacial score (nSPS) is 30.0. The monoisotopic (exact) mass is 184 g/mol. The van der Waals surface area contributed by atoms with Gasteiger partial charge in [0.25, 0.3) is 0 Å². The van der Waals surface area contributed by atoms with E-state index in [2.05, 4.69) is 0 Å². The minimum absolute atomic E-state index is 0.0813. The van der Waals surface area contributed by atoms with Gasteiger partial charge in [0.1, 0.15) is 0 Å². The van der Waals surface area contributed by atoms with Crippen LogP contribution in [0.2, 0.25) is 0 Å². The number of rotatable bonds is 3. The van der Waals surface area contributed by atoms with E-state index in [0.717, 1.165) is 12.8 Å². The van der Waals surface area contributed by atoms with E-state index in [9.17, 15) is 10.2 Å². The number of hydrogen-bond donors (Lipinski definition) is 2. The molecule has 0 aromatic rings. The third-order valence-electron chi connectivity index (χ3n) is 3.93. The van der Waals surface area contributed by atoms with Crippen molar-refractivity contribution in [2.75, 3.05) is 6.61 Å². The van der Waals surface area contributed by atoms with Crippen LogP contribution in [0.15, 0.2) is 0 Å². The summed E-state index contributed by atoms with van der Waals surface area (Å²) in [5.41, 5.74) is -0.0813. The summed E-state index contributed by atoms with van der Waals surface area (Å²) in [6, 6.07) is 0. The maximum Gasteiger partial charge on any atom is 0.0646 e. The van der Waals surface area contributed by atoms with Gasteiger partial charge in [0.05, 0.1) is 12.7 Å². The third-order valence-corrected chi connectivity index (χ3v) is 3.93. The van der Waals surface area contributed by atoms with E-state index in [4.69, 9.17) is 0 Å². The third kappa shape index (κ3) is 1.75. The van der Waals surface area contributed by atoms with Crippen LogP contribution in [-0.2, 0) is 0 Å². The molecular weight excluding hydrogens is 164 g/mol. The zero-order valence-corrected chi connectivity index (χ0v) is 8.21. The van der Waals surface area contributed by atoms with Crippen LogP contribution in [0, 0.1) is 11.3 Å². The largest absolute Gasteiger partial charge is 0.396 e. The Kier molecular flexibility index (Phi) is 2.61. The van der Waals surface area contributed by atoms with Crippen LogP contribution in [0.3, 0.4) is 0 Å². The van der Waals surface area contributed by atoms with Gasteiger partial charge < -0.3 is 10.2 Å². The van der Waals surface area contributed by atoms with Crippen molar-refractivity contribution in [2.24, 2.45) is 11.3 Å². The molecule has 2 aliphatic rings. The lowest BCUT2D eigenvalue weighted by Crippen LogP contribution is -2.34. The summed E-state index contributed by atoms with van der Waals surface area (Å²) in [5.74, 6) is 0.475. The Morgan fingerprint density at radius 3 is 2.23 bits per heavy atom. The first kappa shape index (κ1) is 9.47. The Morgan fingerprint density at radius 2 is 1.77 bits per heavy atom. The van der Waals surface area contributed by atoms with Gasteiger partial charge in [-0.15, -0.1) is 0 Å². The van der Waals surface area contributed by atoms with Crippen LogP contribution in [0.1, 0.15) is 44.9 Å². The number of aliphatic hydroxyl groups is 2. The standard InChI is InChI=1S/C11H20O2/c12-8-11(6-7-11)10(13)9-4-2-1-3-5-9/h9-10,12-13H,1-8H2. The van der Waals surface area contributed by atoms with Crippen LogP contribution in [0.25, 0.3) is 0 Å². The fourth-order valence-corrected chi connectivity index (χ4v) is 2.66. The molecule has 2 heteroatoms. The highest BCUT2D eigenvalue weighted by Gasteiger charge is 2.50. The molecule has 0 aromatic carbocycles. The van der Waals surface area contributed by atoms with Crippen molar-refractivity contribution >= 4 is 0 Å². The summed E-state index contributed by atoms with van der Waals surface area (Å²) in [6.07, 6.45) is 8.04. The van der Waals surface area contributed by atoms with Crippen LogP contribution in [-0.4, -0.2) is 22.9 Å². The van der Waals surface area contributed by atoms with Gasteiger partial charge in [-0.3, -0.25) is 0 Å². The lowest BCUT2D eigenvalue weighted by atomic mass is 9.79. The smallest absolute Gasteiger partial charge is 0.0646 e. The predicted molar refractivity (Wildman–Crippen MR) is 51.3 cm³/mol. The molecule has 2 nitrogen and oxygen atoms in total. The van der Waals surface area contributed by atoms with Crippen molar-refractivity contribution in [2.45, 2.75) is 51.0 Å². The van der Waals surface area contributed by atoms with E-state index < -0.39 is 0 Å². The molecule has 2 rings (SSSR count). The second-order valence-corrected chi connectivity index (χ2v) is 4.86. The van der Waals surface area contributed by atoms with Crippen LogP contribution < -0.4 is 0 Å². The lowest BCUT2D eigenvalue weighted by molar-refractivity contribution is -0.00460. The average molecular weight is 184 g/mol. The Bertz CT molecular complexity index is 169. The average Bonchev–Trinajstić information content (AvgIpc) is 2.99. The molecule has 1 unspecified atom stereocenters. The topological polar surface area (TPSA) is 40.5 Å². The summed E-state index contributed by atoms with van der Waals surface area (Å²) < 4.78 is 0. The summed E-state index contributed by atoms with van der Waals surface area (Å²) in [6.45, 7) is 0.185.